The maximum Gasteiger partial charge on any atom is 0.137 e. The van der Waals surface area contributed by atoms with E-state index >= 15 is 0 Å². The summed E-state index contributed by atoms with van der Waals surface area (Å²) in [6, 6.07) is 0. The molecule has 2 heteroatoms. The summed E-state index contributed by atoms with van der Waals surface area (Å²) in [7, 11) is 0. The van der Waals surface area contributed by atoms with Crippen molar-refractivity contribution in [3.63, 3.8) is 0 Å². The number of hydrogen-bond donors (Lipinski definition) is 0. The van der Waals surface area contributed by atoms with Crippen LogP contribution in [0.4, 0.5) is 0 Å². The van der Waals surface area contributed by atoms with E-state index in [0.717, 1.165) is 25.7 Å². The SMILES string of the molecule is C/C1=C/C=C(\C(C)C)CC[C@]2(C)O[C@H]2CCC(C)CC(=O)C1. The van der Waals surface area contributed by atoms with Gasteiger partial charge in [-0.15, -0.1) is 0 Å². The summed E-state index contributed by atoms with van der Waals surface area (Å²) >= 11 is 0. The van der Waals surface area contributed by atoms with Gasteiger partial charge in [0.25, 0.3) is 0 Å². The lowest BCUT2D eigenvalue weighted by Gasteiger charge is -2.15. The van der Waals surface area contributed by atoms with E-state index < -0.39 is 0 Å². The Morgan fingerprint density at radius 2 is 2.00 bits per heavy atom. The Morgan fingerprint density at radius 3 is 2.68 bits per heavy atom. The molecule has 0 N–H and O–H groups in total. The van der Waals surface area contributed by atoms with Crippen molar-refractivity contribution >= 4 is 5.78 Å². The van der Waals surface area contributed by atoms with Gasteiger partial charge in [0.1, 0.15) is 5.78 Å². The smallest absolute Gasteiger partial charge is 0.137 e. The zero-order valence-corrected chi connectivity index (χ0v) is 14.9. The Labute approximate surface area is 136 Å². The van der Waals surface area contributed by atoms with E-state index in [4.69, 9.17) is 4.74 Å². The number of Topliss-reactive ketones (excluding diaryl/α,β-unsaturated/α-hetero) is 1. The highest BCUT2D eigenvalue weighted by atomic mass is 16.6. The third kappa shape index (κ3) is 4.81. The normalized spacial score (nSPS) is 39.3. The maximum atomic E-state index is 12.2. The number of rotatable bonds is 1. The van der Waals surface area contributed by atoms with E-state index in [1.807, 2.05) is 0 Å². The number of ketones is 1. The fourth-order valence-electron chi connectivity index (χ4n) is 3.45. The molecule has 2 aliphatic rings. The van der Waals surface area contributed by atoms with E-state index in [1.54, 1.807) is 0 Å². The van der Waals surface area contributed by atoms with E-state index in [0.29, 0.717) is 36.6 Å². The van der Waals surface area contributed by atoms with E-state index in [2.05, 4.69) is 46.8 Å². The molecule has 0 aromatic rings. The van der Waals surface area contributed by atoms with E-state index in [-0.39, 0.29) is 5.60 Å². The Bertz CT molecular complexity index is 472. The second-order valence-electron chi connectivity index (χ2n) is 7.93. The van der Waals surface area contributed by atoms with Crippen LogP contribution in [-0.4, -0.2) is 17.5 Å². The summed E-state index contributed by atoms with van der Waals surface area (Å²) < 4.78 is 5.98. The van der Waals surface area contributed by atoms with Gasteiger partial charge >= 0.3 is 0 Å². The number of allylic oxidation sites excluding steroid dienone is 4. The van der Waals surface area contributed by atoms with Gasteiger partial charge in [-0.3, -0.25) is 4.79 Å². The molecule has 124 valence electrons. The minimum absolute atomic E-state index is 0.0700. The average Bonchev–Trinajstić information content (AvgIpc) is 3.06. The molecule has 0 amide bonds. The molecular weight excluding hydrogens is 272 g/mol. The average molecular weight is 304 g/mol. The monoisotopic (exact) mass is 304 g/mol. The van der Waals surface area contributed by atoms with Crippen molar-refractivity contribution in [3.05, 3.63) is 23.3 Å². The minimum Gasteiger partial charge on any atom is -0.366 e. The molecule has 1 unspecified atom stereocenters. The maximum absolute atomic E-state index is 12.2. The number of fused-ring (bicyclic) bond motifs is 1. The van der Waals surface area contributed by atoms with Gasteiger partial charge in [-0.05, 0) is 51.4 Å². The molecule has 0 aromatic carbocycles. The van der Waals surface area contributed by atoms with Crippen molar-refractivity contribution in [2.24, 2.45) is 11.8 Å². The third-order valence-corrected chi connectivity index (χ3v) is 5.24. The molecule has 2 nitrogen and oxygen atoms in total. The lowest BCUT2D eigenvalue weighted by Crippen LogP contribution is -2.13. The van der Waals surface area contributed by atoms with Crippen LogP contribution in [0.1, 0.15) is 73.1 Å². The van der Waals surface area contributed by atoms with E-state index in [9.17, 15) is 4.79 Å². The first kappa shape index (κ1) is 17.5. The summed E-state index contributed by atoms with van der Waals surface area (Å²) in [4.78, 5) is 12.2. The number of hydrogen-bond acceptors (Lipinski definition) is 2. The predicted molar refractivity (Wildman–Crippen MR) is 91.8 cm³/mol. The first-order chi connectivity index (χ1) is 10.3. The zero-order chi connectivity index (χ0) is 16.3. The predicted octanol–water partition coefficient (Wildman–Crippen LogP) is 5.23. The van der Waals surface area contributed by atoms with Crippen molar-refractivity contribution < 1.29 is 9.53 Å². The lowest BCUT2D eigenvalue weighted by atomic mass is 9.88. The summed E-state index contributed by atoms with van der Waals surface area (Å²) in [5.74, 6) is 1.39. The number of epoxide rings is 1. The van der Waals surface area contributed by atoms with Crippen LogP contribution in [0.3, 0.4) is 0 Å². The topological polar surface area (TPSA) is 29.6 Å². The Kier molecular flexibility index (Phi) is 5.65. The molecule has 22 heavy (non-hydrogen) atoms. The zero-order valence-electron chi connectivity index (χ0n) is 14.9. The lowest BCUT2D eigenvalue weighted by molar-refractivity contribution is -0.119. The first-order valence-corrected chi connectivity index (χ1v) is 8.86. The van der Waals surface area contributed by atoms with Gasteiger partial charge in [0.05, 0.1) is 11.7 Å². The third-order valence-electron chi connectivity index (χ3n) is 5.24. The quantitative estimate of drug-likeness (QED) is 0.621. The number of carbonyl (C=O) groups is 1. The van der Waals surface area contributed by atoms with Crippen molar-refractivity contribution in [3.8, 4) is 0 Å². The molecule has 0 saturated carbocycles. The second-order valence-corrected chi connectivity index (χ2v) is 7.93. The number of ether oxygens (including phenoxy) is 1. The molecular formula is C20H32O2. The van der Waals surface area contributed by atoms with Crippen LogP contribution in [0.15, 0.2) is 23.3 Å². The molecule has 0 aromatic heterocycles. The van der Waals surface area contributed by atoms with Crippen molar-refractivity contribution in [1.82, 2.24) is 0 Å². The van der Waals surface area contributed by atoms with Gasteiger partial charge < -0.3 is 4.74 Å². The van der Waals surface area contributed by atoms with Crippen LogP contribution in [0.25, 0.3) is 0 Å². The standard InChI is InChI=1S/C20H32O2/c1-14(2)17-8-6-15(3)12-18(21)13-16(4)7-9-19-20(5,22-19)11-10-17/h6,8,14,16,19H,7,9-13H2,1-5H3/b15-6-,17-8-/t16?,19-,20-/m0/s1. The van der Waals surface area contributed by atoms with Crippen LogP contribution in [0.2, 0.25) is 0 Å². The molecule has 2 rings (SSSR count). The molecule has 1 heterocycles. The summed E-state index contributed by atoms with van der Waals surface area (Å²) in [5, 5.41) is 0. The largest absolute Gasteiger partial charge is 0.366 e. The molecule has 1 fully saturated rings. The minimum atomic E-state index is 0.0700. The van der Waals surface area contributed by atoms with Crippen LogP contribution < -0.4 is 0 Å². The van der Waals surface area contributed by atoms with Gasteiger partial charge in [0.2, 0.25) is 0 Å². The molecule has 1 aliphatic carbocycles. The highest BCUT2D eigenvalue weighted by Gasteiger charge is 2.50. The molecule has 0 bridgehead atoms. The fourth-order valence-corrected chi connectivity index (χ4v) is 3.45. The molecule has 0 spiro atoms. The van der Waals surface area contributed by atoms with Crippen molar-refractivity contribution in [2.45, 2.75) is 84.8 Å². The van der Waals surface area contributed by atoms with Gasteiger partial charge in [-0.2, -0.15) is 0 Å². The second kappa shape index (κ2) is 7.12. The highest BCUT2D eigenvalue weighted by Crippen LogP contribution is 2.44. The van der Waals surface area contributed by atoms with Crippen LogP contribution in [0.5, 0.6) is 0 Å². The van der Waals surface area contributed by atoms with Crippen molar-refractivity contribution in [1.29, 1.82) is 0 Å². The van der Waals surface area contributed by atoms with E-state index in [1.165, 1.54) is 11.1 Å². The molecule has 3 atom stereocenters. The molecule has 1 saturated heterocycles. The Hall–Kier alpha value is -0.890. The summed E-state index contributed by atoms with van der Waals surface area (Å²) in [6.07, 6.45) is 10.5. The van der Waals surface area contributed by atoms with Gasteiger partial charge in [-0.25, -0.2) is 0 Å². The Balaban J connectivity index is 2.14. The Morgan fingerprint density at radius 1 is 1.27 bits per heavy atom. The van der Waals surface area contributed by atoms with Crippen molar-refractivity contribution in [2.75, 3.05) is 0 Å². The summed E-state index contributed by atoms with van der Waals surface area (Å²) in [5.41, 5.74) is 2.72. The molecule has 0 radical (unpaired) electrons. The highest BCUT2D eigenvalue weighted by molar-refractivity contribution is 5.80. The number of carbonyl (C=O) groups excluding carboxylic acids is 1. The van der Waals surface area contributed by atoms with Crippen LogP contribution in [-0.2, 0) is 9.53 Å². The van der Waals surface area contributed by atoms with Gasteiger partial charge in [-0.1, -0.05) is 44.1 Å². The first-order valence-electron chi connectivity index (χ1n) is 8.86. The van der Waals surface area contributed by atoms with Gasteiger partial charge in [0, 0.05) is 12.8 Å². The molecule has 1 aliphatic heterocycles. The fraction of sp³-hybridized carbons (Fsp3) is 0.750. The van der Waals surface area contributed by atoms with Gasteiger partial charge in [0.15, 0.2) is 0 Å². The van der Waals surface area contributed by atoms with Crippen LogP contribution in [0, 0.1) is 11.8 Å². The van der Waals surface area contributed by atoms with Crippen LogP contribution >= 0.6 is 0 Å². The summed E-state index contributed by atoms with van der Waals surface area (Å²) in [6.45, 7) is 11.0.